The lowest BCUT2D eigenvalue weighted by Crippen LogP contribution is -2.03. The largest absolute Gasteiger partial charge is 0.469 e. The molecule has 0 aliphatic rings. The van der Waals surface area contributed by atoms with Gasteiger partial charge in [-0.2, -0.15) is 0 Å². The van der Waals surface area contributed by atoms with Crippen LogP contribution in [0, 0.1) is 5.41 Å². The zero-order valence-corrected chi connectivity index (χ0v) is 5.76. The highest BCUT2D eigenvalue weighted by Gasteiger charge is 2.01. The molecule has 0 atom stereocenters. The van der Waals surface area contributed by atoms with E-state index < -0.39 is 0 Å². The molecule has 0 rings (SSSR count). The van der Waals surface area contributed by atoms with Crippen LogP contribution >= 0.6 is 0 Å². The van der Waals surface area contributed by atoms with E-state index in [9.17, 15) is 4.79 Å². The van der Waals surface area contributed by atoms with Crippen molar-refractivity contribution in [3.63, 3.8) is 0 Å². The Balaban J connectivity index is 3.87. The lowest BCUT2D eigenvalue weighted by atomic mass is 10.2. The number of carbonyl (C=O) groups is 1. The summed E-state index contributed by atoms with van der Waals surface area (Å²) in [6, 6.07) is 0. The lowest BCUT2D eigenvalue weighted by molar-refractivity contribution is -0.139. The first-order valence-corrected chi connectivity index (χ1v) is 2.72. The molecule has 3 N–H and O–H groups in total. The summed E-state index contributed by atoms with van der Waals surface area (Å²) in [4.78, 5) is 10.5. The van der Waals surface area contributed by atoms with E-state index in [1.54, 1.807) is 0 Å². The van der Waals surface area contributed by atoms with E-state index >= 15 is 0 Å². The first kappa shape index (κ1) is 8.68. The third-order valence-corrected chi connectivity index (χ3v) is 0.976. The smallest absolute Gasteiger partial charge is 0.310 e. The molecule has 0 aliphatic heterocycles. The summed E-state index contributed by atoms with van der Waals surface area (Å²) in [5, 5.41) is 6.75. The summed E-state index contributed by atoms with van der Waals surface area (Å²) in [5.74, 6) is -0.389. The number of hydrogen-bond donors (Lipinski definition) is 2. The maximum absolute atomic E-state index is 10.5. The second-order valence-corrected chi connectivity index (χ2v) is 1.64. The van der Waals surface area contributed by atoms with Gasteiger partial charge in [0.25, 0.3) is 0 Å². The number of hydrogen-bond acceptors (Lipinski definition) is 4. The van der Waals surface area contributed by atoms with Crippen LogP contribution in [0.5, 0.6) is 0 Å². The van der Waals surface area contributed by atoms with Crippen molar-refractivity contribution in [3.05, 3.63) is 11.8 Å². The van der Waals surface area contributed by atoms with Crippen molar-refractivity contribution >= 4 is 12.2 Å². The van der Waals surface area contributed by atoms with E-state index in [2.05, 4.69) is 4.74 Å². The first-order chi connectivity index (χ1) is 4.74. The highest BCUT2D eigenvalue weighted by atomic mass is 16.5. The van der Waals surface area contributed by atoms with Crippen molar-refractivity contribution < 1.29 is 9.53 Å². The topological polar surface area (TPSA) is 76.2 Å². The van der Waals surface area contributed by atoms with Gasteiger partial charge in [-0.25, -0.2) is 0 Å². The monoisotopic (exact) mass is 142 g/mol. The molecule has 4 nitrogen and oxygen atoms in total. The molecule has 56 valence electrons. The van der Waals surface area contributed by atoms with E-state index in [-0.39, 0.29) is 12.4 Å². The summed E-state index contributed by atoms with van der Waals surface area (Å²) in [6.07, 6.45) is 2.30. The summed E-state index contributed by atoms with van der Waals surface area (Å²) in [6.45, 7) is 0. The van der Waals surface area contributed by atoms with E-state index in [1.165, 1.54) is 13.3 Å². The maximum atomic E-state index is 10.5. The molecule has 0 bridgehead atoms. The molecular formula is C6H10N2O2. The van der Waals surface area contributed by atoms with Gasteiger partial charge >= 0.3 is 5.97 Å². The van der Waals surface area contributed by atoms with Crippen molar-refractivity contribution in [2.75, 3.05) is 7.11 Å². The summed E-state index contributed by atoms with van der Waals surface area (Å²) >= 11 is 0. The normalized spacial score (nSPS) is 10.7. The molecule has 0 saturated heterocycles. The Labute approximate surface area is 59.2 Å². The predicted octanol–water partition coefficient (Wildman–Crippen LogP) is 0.0417. The molecule has 0 amide bonds. The van der Waals surface area contributed by atoms with Crippen LogP contribution in [0.15, 0.2) is 11.8 Å². The van der Waals surface area contributed by atoms with Crippen LogP contribution < -0.4 is 5.73 Å². The van der Waals surface area contributed by atoms with Crippen LogP contribution in [0.4, 0.5) is 0 Å². The van der Waals surface area contributed by atoms with Gasteiger partial charge in [0.1, 0.15) is 0 Å². The second kappa shape index (κ2) is 4.55. The molecule has 4 heteroatoms. The second-order valence-electron chi connectivity index (χ2n) is 1.64. The number of ether oxygens (including phenoxy) is 1. The van der Waals surface area contributed by atoms with Gasteiger partial charge in [0.05, 0.1) is 13.5 Å². The van der Waals surface area contributed by atoms with E-state index in [0.717, 1.165) is 6.21 Å². The van der Waals surface area contributed by atoms with Gasteiger partial charge in [0.2, 0.25) is 0 Å². The van der Waals surface area contributed by atoms with E-state index in [1.807, 2.05) is 0 Å². The Morgan fingerprint density at radius 3 is 2.70 bits per heavy atom. The number of esters is 1. The SMILES string of the molecule is COC(=O)C/C(C=N)=C/N. The van der Waals surface area contributed by atoms with Crippen molar-refractivity contribution in [1.29, 1.82) is 5.41 Å². The molecule has 0 aromatic rings. The molecule has 0 saturated carbocycles. The van der Waals surface area contributed by atoms with Gasteiger partial charge in [-0.3, -0.25) is 4.79 Å². The van der Waals surface area contributed by atoms with Crippen molar-refractivity contribution in [2.45, 2.75) is 6.42 Å². The summed E-state index contributed by atoms with van der Waals surface area (Å²) in [5.41, 5.74) is 5.52. The average molecular weight is 142 g/mol. The minimum absolute atomic E-state index is 0.0660. The van der Waals surface area contributed by atoms with Crippen molar-refractivity contribution in [2.24, 2.45) is 5.73 Å². The average Bonchev–Trinajstić information content (AvgIpc) is 1.99. The Kier molecular flexibility index (Phi) is 3.95. The molecule has 0 radical (unpaired) electrons. The fourth-order valence-corrected chi connectivity index (χ4v) is 0.397. The van der Waals surface area contributed by atoms with Crippen LogP contribution in [0.2, 0.25) is 0 Å². The summed E-state index contributed by atoms with van der Waals surface area (Å²) in [7, 11) is 1.29. The Morgan fingerprint density at radius 1 is 1.80 bits per heavy atom. The fraction of sp³-hybridized carbons (Fsp3) is 0.333. The van der Waals surface area contributed by atoms with Crippen LogP contribution in [-0.4, -0.2) is 19.3 Å². The van der Waals surface area contributed by atoms with E-state index in [4.69, 9.17) is 11.1 Å². The molecule has 0 aliphatic carbocycles. The van der Waals surface area contributed by atoms with Crippen LogP contribution in [0.1, 0.15) is 6.42 Å². The highest BCUT2D eigenvalue weighted by molar-refractivity contribution is 5.85. The zero-order valence-electron chi connectivity index (χ0n) is 5.76. The molecule has 0 heterocycles. The number of carbonyl (C=O) groups excluding carboxylic acids is 1. The minimum Gasteiger partial charge on any atom is -0.469 e. The van der Waals surface area contributed by atoms with Crippen molar-refractivity contribution in [3.8, 4) is 0 Å². The summed E-state index contributed by atoms with van der Waals surface area (Å²) < 4.78 is 4.35. The van der Waals surface area contributed by atoms with Crippen molar-refractivity contribution in [1.82, 2.24) is 0 Å². The van der Waals surface area contributed by atoms with Crippen LogP contribution in [-0.2, 0) is 9.53 Å². The molecule has 0 fully saturated rings. The molecular weight excluding hydrogens is 132 g/mol. The number of rotatable bonds is 3. The number of nitrogens with one attached hydrogen (secondary N) is 1. The highest BCUT2D eigenvalue weighted by Crippen LogP contribution is 1.95. The Bertz CT molecular complexity index is 163. The minimum atomic E-state index is -0.389. The lowest BCUT2D eigenvalue weighted by Gasteiger charge is -1.96. The molecule has 10 heavy (non-hydrogen) atoms. The molecule has 0 aromatic heterocycles. The van der Waals surface area contributed by atoms with Gasteiger partial charge in [0.15, 0.2) is 0 Å². The molecule has 0 aromatic carbocycles. The van der Waals surface area contributed by atoms with E-state index in [0.29, 0.717) is 5.57 Å². The Morgan fingerprint density at radius 2 is 2.40 bits per heavy atom. The van der Waals surface area contributed by atoms with Crippen LogP contribution in [0.3, 0.4) is 0 Å². The van der Waals surface area contributed by atoms with Crippen LogP contribution in [0.25, 0.3) is 0 Å². The van der Waals surface area contributed by atoms with Gasteiger partial charge in [-0.1, -0.05) is 0 Å². The number of methoxy groups -OCH3 is 1. The predicted molar refractivity (Wildman–Crippen MR) is 37.7 cm³/mol. The van der Waals surface area contributed by atoms with Gasteiger partial charge < -0.3 is 15.9 Å². The van der Waals surface area contributed by atoms with Gasteiger partial charge in [-0.05, 0) is 11.8 Å². The third-order valence-electron chi connectivity index (χ3n) is 0.976. The first-order valence-electron chi connectivity index (χ1n) is 2.72. The Hall–Kier alpha value is -1.32. The maximum Gasteiger partial charge on any atom is 0.310 e. The standard InChI is InChI=1S/C6H10N2O2/c1-10-6(9)2-5(3-7)4-8/h3-4,7H,2,8H2,1H3/b5-4-,7-3?. The molecule has 0 spiro atoms. The number of nitrogens with two attached hydrogens (primary N) is 1. The molecule has 0 unspecified atom stereocenters. The fourth-order valence-electron chi connectivity index (χ4n) is 0.397. The zero-order chi connectivity index (χ0) is 7.98. The third kappa shape index (κ3) is 2.86. The van der Waals surface area contributed by atoms with Gasteiger partial charge in [0, 0.05) is 6.21 Å². The van der Waals surface area contributed by atoms with Gasteiger partial charge in [-0.15, -0.1) is 0 Å². The quantitative estimate of drug-likeness (QED) is 0.431.